The van der Waals surface area contributed by atoms with Gasteiger partial charge in [0, 0.05) is 6.04 Å². The quantitative estimate of drug-likeness (QED) is 0.899. The Labute approximate surface area is 130 Å². The van der Waals surface area contributed by atoms with Gasteiger partial charge in [0.15, 0.2) is 0 Å². The third kappa shape index (κ3) is 4.31. The zero-order valence-corrected chi connectivity index (χ0v) is 14.0. The van der Waals surface area contributed by atoms with Gasteiger partial charge >= 0.3 is 0 Å². The van der Waals surface area contributed by atoms with Crippen LogP contribution in [0.4, 0.5) is 0 Å². The number of hydrogen-bond acceptors (Lipinski definition) is 2. The minimum Gasteiger partial charge on any atom is -0.387 e. The first-order chi connectivity index (χ1) is 9.99. The maximum Gasteiger partial charge on any atom is 0.0942 e. The second kappa shape index (κ2) is 7.42. The lowest BCUT2D eigenvalue weighted by molar-refractivity contribution is 0.0588. The zero-order valence-electron chi connectivity index (χ0n) is 14.0. The molecule has 1 aromatic rings. The SMILES string of the molecule is Cc1ccc(C(O)C(C)N2CCCC(C(C)C)CC2)cc1. The van der Waals surface area contributed by atoms with E-state index in [-0.39, 0.29) is 12.1 Å². The van der Waals surface area contributed by atoms with Crippen LogP contribution in [-0.4, -0.2) is 29.1 Å². The number of hydrogen-bond donors (Lipinski definition) is 1. The van der Waals surface area contributed by atoms with Crippen molar-refractivity contribution in [3.05, 3.63) is 35.4 Å². The fraction of sp³-hybridized carbons (Fsp3) is 0.684. The molecule has 0 spiro atoms. The summed E-state index contributed by atoms with van der Waals surface area (Å²) in [6.45, 7) is 11.2. The van der Waals surface area contributed by atoms with Crippen molar-refractivity contribution in [1.82, 2.24) is 4.90 Å². The Balaban J connectivity index is 1.98. The minimum atomic E-state index is -0.388. The molecule has 0 aromatic heterocycles. The van der Waals surface area contributed by atoms with Gasteiger partial charge in [-0.15, -0.1) is 0 Å². The van der Waals surface area contributed by atoms with E-state index in [1.165, 1.54) is 24.8 Å². The summed E-state index contributed by atoms with van der Waals surface area (Å²) in [5.41, 5.74) is 2.28. The maximum atomic E-state index is 10.7. The maximum absolute atomic E-state index is 10.7. The Hall–Kier alpha value is -0.860. The van der Waals surface area contributed by atoms with Crippen molar-refractivity contribution in [3.63, 3.8) is 0 Å². The van der Waals surface area contributed by atoms with Crippen molar-refractivity contribution in [3.8, 4) is 0 Å². The van der Waals surface area contributed by atoms with E-state index in [4.69, 9.17) is 0 Å². The molecule has 1 saturated heterocycles. The Morgan fingerprint density at radius 3 is 2.33 bits per heavy atom. The van der Waals surface area contributed by atoms with Crippen LogP contribution < -0.4 is 0 Å². The molecule has 21 heavy (non-hydrogen) atoms. The number of aryl methyl sites for hydroxylation is 1. The largest absolute Gasteiger partial charge is 0.387 e. The first-order valence-corrected chi connectivity index (χ1v) is 8.47. The first kappa shape index (κ1) is 16.5. The van der Waals surface area contributed by atoms with E-state index >= 15 is 0 Å². The van der Waals surface area contributed by atoms with Crippen molar-refractivity contribution < 1.29 is 5.11 Å². The summed E-state index contributed by atoms with van der Waals surface area (Å²) in [6.07, 6.45) is 3.47. The molecule has 0 radical (unpaired) electrons. The minimum absolute atomic E-state index is 0.193. The summed E-state index contributed by atoms with van der Waals surface area (Å²) < 4.78 is 0. The summed E-state index contributed by atoms with van der Waals surface area (Å²) in [4.78, 5) is 2.48. The fourth-order valence-electron chi connectivity index (χ4n) is 3.46. The monoisotopic (exact) mass is 289 g/mol. The number of rotatable bonds is 4. The molecule has 0 amide bonds. The van der Waals surface area contributed by atoms with Gasteiger partial charge < -0.3 is 5.11 Å². The van der Waals surface area contributed by atoms with Crippen LogP contribution in [-0.2, 0) is 0 Å². The van der Waals surface area contributed by atoms with E-state index in [2.05, 4.69) is 56.9 Å². The van der Waals surface area contributed by atoms with Gasteiger partial charge in [0.2, 0.25) is 0 Å². The highest BCUT2D eigenvalue weighted by atomic mass is 16.3. The molecule has 1 N–H and O–H groups in total. The van der Waals surface area contributed by atoms with E-state index < -0.39 is 0 Å². The van der Waals surface area contributed by atoms with Crippen LogP contribution in [0.3, 0.4) is 0 Å². The zero-order chi connectivity index (χ0) is 15.4. The molecule has 1 heterocycles. The molecule has 0 saturated carbocycles. The van der Waals surface area contributed by atoms with Crippen molar-refractivity contribution in [2.75, 3.05) is 13.1 Å². The molecule has 1 aliphatic heterocycles. The van der Waals surface area contributed by atoms with Gasteiger partial charge in [-0.3, -0.25) is 4.90 Å². The molecular formula is C19H31NO. The van der Waals surface area contributed by atoms with Crippen molar-refractivity contribution in [1.29, 1.82) is 0 Å². The molecule has 1 aromatic carbocycles. The van der Waals surface area contributed by atoms with E-state index in [1.54, 1.807) is 0 Å². The second-order valence-corrected chi connectivity index (χ2v) is 7.07. The number of nitrogens with zero attached hydrogens (tertiary/aromatic N) is 1. The predicted octanol–water partition coefficient (Wildman–Crippen LogP) is 4.18. The summed E-state index contributed by atoms with van der Waals surface area (Å²) in [6, 6.07) is 8.49. The Morgan fingerprint density at radius 1 is 1.05 bits per heavy atom. The van der Waals surface area contributed by atoms with Crippen LogP contribution in [0, 0.1) is 18.8 Å². The standard InChI is InChI=1S/C19H31NO/c1-14(2)17-6-5-12-20(13-11-17)16(4)19(21)18-9-7-15(3)8-10-18/h7-10,14,16-17,19,21H,5-6,11-13H2,1-4H3. The summed E-state index contributed by atoms with van der Waals surface area (Å²) >= 11 is 0. The molecule has 2 rings (SSSR count). The third-order valence-electron chi connectivity index (χ3n) is 5.20. The van der Waals surface area contributed by atoms with E-state index in [9.17, 15) is 5.11 Å². The Kier molecular flexibility index (Phi) is 5.83. The van der Waals surface area contributed by atoms with Gasteiger partial charge in [0.25, 0.3) is 0 Å². The van der Waals surface area contributed by atoms with E-state index in [1.807, 2.05) is 0 Å². The Bertz CT molecular complexity index is 426. The first-order valence-electron chi connectivity index (χ1n) is 8.47. The van der Waals surface area contributed by atoms with Gasteiger partial charge in [-0.05, 0) is 63.6 Å². The highest BCUT2D eigenvalue weighted by Crippen LogP contribution is 2.28. The highest BCUT2D eigenvalue weighted by molar-refractivity contribution is 5.24. The number of benzene rings is 1. The lowest BCUT2D eigenvalue weighted by atomic mass is 9.89. The third-order valence-corrected chi connectivity index (χ3v) is 5.20. The fourth-order valence-corrected chi connectivity index (χ4v) is 3.46. The van der Waals surface area contributed by atoms with Crippen LogP contribution in [0.5, 0.6) is 0 Å². The van der Waals surface area contributed by atoms with Gasteiger partial charge in [-0.25, -0.2) is 0 Å². The average Bonchev–Trinajstić information content (AvgIpc) is 2.72. The lowest BCUT2D eigenvalue weighted by Crippen LogP contribution is -2.38. The predicted molar refractivity (Wildman–Crippen MR) is 89.4 cm³/mol. The topological polar surface area (TPSA) is 23.5 Å². The summed E-state index contributed by atoms with van der Waals surface area (Å²) in [5.74, 6) is 1.63. The molecule has 2 nitrogen and oxygen atoms in total. The number of aliphatic hydroxyl groups excluding tert-OH is 1. The molecular weight excluding hydrogens is 258 g/mol. The number of aliphatic hydroxyl groups is 1. The van der Waals surface area contributed by atoms with Gasteiger partial charge in [0.1, 0.15) is 0 Å². The molecule has 2 heteroatoms. The number of likely N-dealkylation sites (tertiary alicyclic amines) is 1. The second-order valence-electron chi connectivity index (χ2n) is 7.07. The Morgan fingerprint density at radius 2 is 1.71 bits per heavy atom. The van der Waals surface area contributed by atoms with Crippen LogP contribution >= 0.6 is 0 Å². The normalized spacial score (nSPS) is 23.8. The van der Waals surface area contributed by atoms with Crippen molar-refractivity contribution >= 4 is 0 Å². The average molecular weight is 289 g/mol. The van der Waals surface area contributed by atoms with Crippen LogP contribution in [0.2, 0.25) is 0 Å². The van der Waals surface area contributed by atoms with E-state index in [0.29, 0.717) is 0 Å². The van der Waals surface area contributed by atoms with Gasteiger partial charge in [-0.2, -0.15) is 0 Å². The molecule has 0 aliphatic carbocycles. The van der Waals surface area contributed by atoms with Gasteiger partial charge in [-0.1, -0.05) is 43.7 Å². The lowest BCUT2D eigenvalue weighted by Gasteiger charge is -2.31. The van der Waals surface area contributed by atoms with Gasteiger partial charge in [0.05, 0.1) is 6.10 Å². The summed E-state index contributed by atoms with van der Waals surface area (Å²) in [7, 11) is 0. The van der Waals surface area contributed by atoms with Crippen LogP contribution in [0.25, 0.3) is 0 Å². The molecule has 1 fully saturated rings. The molecule has 3 unspecified atom stereocenters. The van der Waals surface area contributed by atoms with Crippen molar-refractivity contribution in [2.45, 2.75) is 59.1 Å². The molecule has 3 atom stereocenters. The summed E-state index contributed by atoms with van der Waals surface area (Å²) in [5, 5.41) is 10.7. The molecule has 0 bridgehead atoms. The van der Waals surface area contributed by atoms with Crippen molar-refractivity contribution in [2.24, 2.45) is 11.8 Å². The molecule has 1 aliphatic rings. The highest BCUT2D eigenvalue weighted by Gasteiger charge is 2.26. The van der Waals surface area contributed by atoms with E-state index in [0.717, 1.165) is 30.5 Å². The smallest absolute Gasteiger partial charge is 0.0942 e. The van der Waals surface area contributed by atoms with Crippen LogP contribution in [0.15, 0.2) is 24.3 Å². The molecule has 118 valence electrons. The van der Waals surface area contributed by atoms with Crippen LogP contribution in [0.1, 0.15) is 57.3 Å².